The molecule has 2 aromatic heterocycles. The van der Waals surface area contributed by atoms with Crippen LogP contribution in [0.5, 0.6) is 11.8 Å². The van der Waals surface area contributed by atoms with E-state index < -0.39 is 0 Å². The first-order valence-electron chi connectivity index (χ1n) is 9.58. The van der Waals surface area contributed by atoms with E-state index in [0.717, 1.165) is 26.2 Å². The molecule has 1 saturated heterocycles. The quantitative estimate of drug-likeness (QED) is 0.436. The molecule has 0 spiro atoms. The molecule has 0 unspecified atom stereocenters. The number of amides is 1. The Bertz CT molecular complexity index is 925. The first-order chi connectivity index (χ1) is 14.9. The number of anilines is 2. The lowest BCUT2D eigenvalue weighted by Crippen LogP contribution is -2.45. The highest BCUT2D eigenvalue weighted by molar-refractivity contribution is 7.99. The van der Waals surface area contributed by atoms with Crippen molar-refractivity contribution in [1.82, 2.24) is 30.2 Å². The maximum Gasteiger partial charge on any atom is 0.243 e. The van der Waals surface area contributed by atoms with Crippen molar-refractivity contribution in [1.29, 1.82) is 0 Å². The first kappa shape index (κ1) is 22.6. The molecule has 3 heterocycles. The van der Waals surface area contributed by atoms with Crippen LogP contribution in [-0.4, -0.2) is 78.2 Å². The molecule has 11 nitrogen and oxygen atoms in total. The minimum Gasteiger partial charge on any atom is -0.480 e. The second kappa shape index (κ2) is 10.3. The summed E-state index contributed by atoms with van der Waals surface area (Å²) in [5.41, 5.74) is 6.48. The van der Waals surface area contributed by atoms with Crippen LogP contribution in [0, 0.1) is 0 Å². The van der Waals surface area contributed by atoms with Gasteiger partial charge in [0.2, 0.25) is 23.6 Å². The normalized spacial score (nSPS) is 14.2. The van der Waals surface area contributed by atoms with Gasteiger partial charge in [0.1, 0.15) is 10.7 Å². The number of nitrogen functional groups attached to an aromatic ring is 1. The van der Waals surface area contributed by atoms with E-state index in [4.69, 9.17) is 15.2 Å². The number of carbonyl (C=O) groups is 1. The summed E-state index contributed by atoms with van der Waals surface area (Å²) in [5.74, 6) is 1.24. The fraction of sp³-hybridized carbons (Fsp3) is 0.421. The third-order valence-electron chi connectivity index (χ3n) is 4.57. The molecular formula is C19H26N8O3S. The van der Waals surface area contributed by atoms with Gasteiger partial charge in [0.15, 0.2) is 5.16 Å². The molecule has 3 N–H and O–H groups in total. The lowest BCUT2D eigenvalue weighted by atomic mass is 10.3. The second-order valence-electron chi connectivity index (χ2n) is 6.75. The topological polar surface area (TPSA) is 132 Å². The zero-order valence-electron chi connectivity index (χ0n) is 17.8. The Morgan fingerprint density at radius 1 is 1.19 bits per heavy atom. The molecule has 1 aliphatic rings. The number of piperazine rings is 1. The zero-order chi connectivity index (χ0) is 22.4. The van der Waals surface area contributed by atoms with Gasteiger partial charge in [-0.2, -0.15) is 9.97 Å². The average molecular weight is 447 g/mol. The van der Waals surface area contributed by atoms with Gasteiger partial charge in [-0.05, 0) is 24.9 Å². The molecule has 0 atom stereocenters. The summed E-state index contributed by atoms with van der Waals surface area (Å²) in [6, 6.07) is 1.59. The van der Waals surface area contributed by atoms with Crippen LogP contribution in [0.25, 0.3) is 0 Å². The van der Waals surface area contributed by atoms with Crippen molar-refractivity contribution >= 4 is 29.4 Å². The smallest absolute Gasteiger partial charge is 0.243 e. The number of ether oxygens (including phenoxy) is 2. The SMILES string of the molecule is C=CC(=O)NCc1cc(N)nc(Sc2c(OC)nc(N3CCN(C)CC3)nc2OC)n1. The molecule has 0 aromatic carbocycles. The van der Waals surface area contributed by atoms with Gasteiger partial charge >= 0.3 is 0 Å². The third-order valence-corrected chi connectivity index (χ3v) is 5.48. The Kier molecular flexibility index (Phi) is 7.47. The van der Waals surface area contributed by atoms with Crippen LogP contribution >= 0.6 is 11.8 Å². The first-order valence-corrected chi connectivity index (χ1v) is 10.4. The van der Waals surface area contributed by atoms with Gasteiger partial charge < -0.3 is 30.3 Å². The van der Waals surface area contributed by atoms with E-state index >= 15 is 0 Å². The Morgan fingerprint density at radius 2 is 1.84 bits per heavy atom. The molecule has 12 heteroatoms. The minimum atomic E-state index is -0.303. The summed E-state index contributed by atoms with van der Waals surface area (Å²) in [5, 5.41) is 3.02. The highest BCUT2D eigenvalue weighted by atomic mass is 32.2. The van der Waals surface area contributed by atoms with Crippen molar-refractivity contribution in [2.75, 3.05) is 58.1 Å². The van der Waals surface area contributed by atoms with E-state index in [-0.39, 0.29) is 18.3 Å². The number of methoxy groups -OCH3 is 2. The molecule has 1 fully saturated rings. The van der Waals surface area contributed by atoms with E-state index in [1.54, 1.807) is 6.07 Å². The van der Waals surface area contributed by atoms with Crippen LogP contribution < -0.4 is 25.4 Å². The van der Waals surface area contributed by atoms with Crippen molar-refractivity contribution in [3.8, 4) is 11.8 Å². The van der Waals surface area contributed by atoms with E-state index in [1.165, 1.54) is 32.1 Å². The molecule has 0 aliphatic carbocycles. The number of nitrogens with two attached hydrogens (primary N) is 1. The van der Waals surface area contributed by atoms with Crippen LogP contribution in [0.2, 0.25) is 0 Å². The van der Waals surface area contributed by atoms with Crippen molar-refractivity contribution in [2.45, 2.75) is 16.6 Å². The fourth-order valence-electron chi connectivity index (χ4n) is 2.88. The summed E-state index contributed by atoms with van der Waals surface area (Å²) in [6.45, 7) is 7.09. The number of nitrogens with one attached hydrogen (secondary N) is 1. The van der Waals surface area contributed by atoms with E-state index in [0.29, 0.717) is 33.5 Å². The van der Waals surface area contributed by atoms with Crippen LogP contribution in [0.4, 0.5) is 11.8 Å². The van der Waals surface area contributed by atoms with Crippen LogP contribution in [-0.2, 0) is 11.3 Å². The lowest BCUT2D eigenvalue weighted by molar-refractivity contribution is -0.116. The maximum atomic E-state index is 11.4. The number of carbonyl (C=O) groups excluding carboxylic acids is 1. The van der Waals surface area contributed by atoms with Gasteiger partial charge in [0, 0.05) is 32.2 Å². The lowest BCUT2D eigenvalue weighted by Gasteiger charge is -2.32. The highest BCUT2D eigenvalue weighted by Crippen LogP contribution is 2.39. The molecule has 2 aromatic rings. The van der Waals surface area contributed by atoms with E-state index in [2.05, 4.69) is 48.7 Å². The number of aromatic nitrogens is 4. The Morgan fingerprint density at radius 3 is 2.42 bits per heavy atom. The molecule has 0 saturated carbocycles. The fourth-order valence-corrected chi connectivity index (χ4v) is 3.81. The van der Waals surface area contributed by atoms with Gasteiger partial charge in [-0.25, -0.2) is 9.97 Å². The molecule has 0 radical (unpaired) electrons. The van der Waals surface area contributed by atoms with E-state index in [9.17, 15) is 4.79 Å². The molecule has 0 bridgehead atoms. The zero-order valence-corrected chi connectivity index (χ0v) is 18.6. The van der Waals surface area contributed by atoms with Crippen LogP contribution in [0.1, 0.15) is 5.69 Å². The number of rotatable bonds is 8. The minimum absolute atomic E-state index is 0.193. The van der Waals surface area contributed by atoms with Gasteiger partial charge in [-0.15, -0.1) is 0 Å². The van der Waals surface area contributed by atoms with Gasteiger partial charge in [-0.3, -0.25) is 4.79 Å². The van der Waals surface area contributed by atoms with Crippen molar-refractivity contribution in [3.63, 3.8) is 0 Å². The van der Waals surface area contributed by atoms with Crippen molar-refractivity contribution in [3.05, 3.63) is 24.4 Å². The number of hydrogen-bond donors (Lipinski definition) is 2. The summed E-state index contributed by atoms with van der Waals surface area (Å²) >= 11 is 1.18. The summed E-state index contributed by atoms with van der Waals surface area (Å²) in [4.78, 5) is 34.2. The average Bonchev–Trinajstić information content (AvgIpc) is 2.77. The molecule has 166 valence electrons. The Balaban J connectivity index is 1.87. The largest absolute Gasteiger partial charge is 0.480 e. The van der Waals surface area contributed by atoms with Crippen LogP contribution in [0.3, 0.4) is 0 Å². The molecular weight excluding hydrogens is 420 g/mol. The van der Waals surface area contributed by atoms with Gasteiger partial charge in [0.05, 0.1) is 26.5 Å². The second-order valence-corrected chi connectivity index (χ2v) is 7.73. The van der Waals surface area contributed by atoms with Crippen molar-refractivity contribution < 1.29 is 14.3 Å². The summed E-state index contributed by atoms with van der Waals surface area (Å²) in [6.07, 6.45) is 1.19. The maximum absolute atomic E-state index is 11.4. The molecule has 1 amide bonds. The predicted octanol–water partition coefficient (Wildman–Crippen LogP) is 0.571. The summed E-state index contributed by atoms with van der Waals surface area (Å²) < 4.78 is 11.0. The Labute approximate surface area is 185 Å². The van der Waals surface area contributed by atoms with E-state index in [1.807, 2.05) is 0 Å². The van der Waals surface area contributed by atoms with Gasteiger partial charge in [0.25, 0.3) is 0 Å². The number of hydrogen-bond acceptors (Lipinski definition) is 11. The Hall–Kier alpha value is -3.12. The monoisotopic (exact) mass is 446 g/mol. The molecule has 1 aliphatic heterocycles. The molecule has 31 heavy (non-hydrogen) atoms. The highest BCUT2D eigenvalue weighted by Gasteiger charge is 2.23. The molecule has 3 rings (SSSR count). The van der Waals surface area contributed by atoms with Gasteiger partial charge in [-0.1, -0.05) is 6.58 Å². The number of nitrogens with zero attached hydrogens (tertiary/aromatic N) is 6. The standard InChI is InChI=1S/C19H26N8O3S/c1-5-14(28)21-11-12-10-13(20)23-19(22-12)31-15-16(29-3)24-18(25-17(15)30-4)27-8-6-26(2)7-9-27/h5,10H,1,6-9,11H2,2-4H3,(H,21,28)(H2,20,22,23). The third kappa shape index (κ3) is 5.73. The van der Waals surface area contributed by atoms with Crippen molar-refractivity contribution in [2.24, 2.45) is 0 Å². The predicted molar refractivity (Wildman–Crippen MR) is 117 cm³/mol. The van der Waals surface area contributed by atoms with Crippen LogP contribution in [0.15, 0.2) is 28.8 Å². The summed E-state index contributed by atoms with van der Waals surface area (Å²) in [7, 11) is 5.16. The number of likely N-dealkylation sites (N-methyl/N-ethyl adjacent to an activating group) is 1.